The van der Waals surface area contributed by atoms with Crippen LogP contribution in [0.1, 0.15) is 10.4 Å². The van der Waals surface area contributed by atoms with Gasteiger partial charge >= 0.3 is 6.09 Å². The van der Waals surface area contributed by atoms with Crippen molar-refractivity contribution in [2.75, 3.05) is 32.0 Å². The highest BCUT2D eigenvalue weighted by Gasteiger charge is 2.20. The Hall–Kier alpha value is -4.43. The van der Waals surface area contributed by atoms with Gasteiger partial charge in [0, 0.05) is 11.1 Å². The molecule has 2 amide bonds. The van der Waals surface area contributed by atoms with Gasteiger partial charge in [0.05, 0.1) is 38.3 Å². The number of fused-ring (bicyclic) bond motifs is 1. The molecule has 4 aromatic carbocycles. The van der Waals surface area contributed by atoms with Gasteiger partial charge < -0.3 is 24.3 Å². The fourth-order valence-corrected chi connectivity index (χ4v) is 3.77. The molecule has 0 aromatic heterocycles. The number of carbonyl (C=O) groups is 2. The van der Waals surface area contributed by atoms with Crippen molar-refractivity contribution < 1.29 is 28.5 Å². The molecule has 2 N–H and O–H groups in total. The third-order valence-corrected chi connectivity index (χ3v) is 5.58. The van der Waals surface area contributed by atoms with E-state index in [1.165, 1.54) is 27.4 Å². The summed E-state index contributed by atoms with van der Waals surface area (Å²) in [6.07, 6.45) is -0.821. The molecule has 0 heterocycles. The quantitative estimate of drug-likeness (QED) is 0.302. The van der Waals surface area contributed by atoms with Gasteiger partial charge in [-0.15, -0.1) is 0 Å². The van der Waals surface area contributed by atoms with E-state index in [0.717, 1.165) is 10.8 Å². The topological polar surface area (TPSA) is 95.1 Å². The Balaban J connectivity index is 1.67. The molecule has 4 aromatic rings. The van der Waals surface area contributed by atoms with E-state index in [0.29, 0.717) is 33.6 Å². The van der Waals surface area contributed by atoms with Crippen molar-refractivity contribution in [2.24, 2.45) is 0 Å². The molecule has 0 atom stereocenters. The molecule has 0 fully saturated rings. The zero-order valence-corrected chi connectivity index (χ0v) is 20.5. The van der Waals surface area contributed by atoms with Gasteiger partial charge in [0.15, 0.2) is 0 Å². The van der Waals surface area contributed by atoms with Crippen LogP contribution in [-0.4, -0.2) is 33.3 Å². The monoisotopic (exact) mass is 506 g/mol. The van der Waals surface area contributed by atoms with Crippen molar-refractivity contribution in [1.82, 2.24) is 0 Å². The van der Waals surface area contributed by atoms with Crippen LogP contribution in [0, 0.1) is 0 Å². The minimum atomic E-state index is -0.821. The molecule has 0 unspecified atom stereocenters. The SMILES string of the molecule is COc1ccc(OC)c(NC(=O)c2cc3ccccc3cc2OC(=O)Nc2cc(Cl)ccc2OC)c1. The Labute approximate surface area is 212 Å². The molecule has 8 nitrogen and oxygen atoms in total. The van der Waals surface area contributed by atoms with Gasteiger partial charge in [-0.05, 0) is 53.2 Å². The van der Waals surface area contributed by atoms with Gasteiger partial charge in [-0.3, -0.25) is 10.1 Å². The van der Waals surface area contributed by atoms with Gasteiger partial charge in [0.1, 0.15) is 23.0 Å². The number of anilines is 2. The van der Waals surface area contributed by atoms with E-state index >= 15 is 0 Å². The van der Waals surface area contributed by atoms with Crippen molar-refractivity contribution in [1.29, 1.82) is 0 Å². The summed E-state index contributed by atoms with van der Waals surface area (Å²) in [5.74, 6) is 0.939. The first kappa shape index (κ1) is 24.7. The third-order valence-electron chi connectivity index (χ3n) is 5.35. The average molecular weight is 507 g/mol. The summed E-state index contributed by atoms with van der Waals surface area (Å²) in [5, 5.41) is 7.41. The summed E-state index contributed by atoms with van der Waals surface area (Å²) in [4.78, 5) is 26.2. The van der Waals surface area contributed by atoms with Crippen molar-refractivity contribution in [3.63, 3.8) is 0 Å². The maximum atomic E-state index is 13.4. The molecule has 0 radical (unpaired) electrons. The number of methoxy groups -OCH3 is 3. The lowest BCUT2D eigenvalue weighted by Crippen LogP contribution is -2.20. The molecule has 0 aliphatic carbocycles. The van der Waals surface area contributed by atoms with Gasteiger partial charge in [0.25, 0.3) is 5.91 Å². The Morgan fingerprint density at radius 2 is 1.33 bits per heavy atom. The third kappa shape index (κ3) is 5.45. The van der Waals surface area contributed by atoms with Crippen LogP contribution in [0.2, 0.25) is 5.02 Å². The number of ether oxygens (including phenoxy) is 4. The lowest BCUT2D eigenvalue weighted by molar-refractivity contribution is 0.102. The second kappa shape index (κ2) is 10.9. The number of halogens is 1. The standard InChI is InChI=1S/C27H23ClN2O6/c1-33-19-9-11-24(35-3)22(15-19)29-26(31)20-12-16-6-4-5-7-17(16)13-25(20)36-27(32)30-21-14-18(28)8-10-23(21)34-2/h4-15H,1-3H3,(H,29,31)(H,30,32). The maximum absolute atomic E-state index is 13.4. The van der Waals surface area contributed by atoms with Crippen LogP contribution in [0.3, 0.4) is 0 Å². The maximum Gasteiger partial charge on any atom is 0.417 e. The summed E-state index contributed by atoms with van der Waals surface area (Å²) in [6.45, 7) is 0. The molecule has 4 rings (SSSR count). The van der Waals surface area contributed by atoms with Crippen molar-refractivity contribution in [3.05, 3.63) is 83.4 Å². The number of nitrogens with one attached hydrogen (secondary N) is 2. The lowest BCUT2D eigenvalue weighted by atomic mass is 10.1. The first-order chi connectivity index (χ1) is 17.4. The second-order valence-electron chi connectivity index (χ2n) is 7.57. The number of hydrogen-bond donors (Lipinski definition) is 2. The summed E-state index contributed by atoms with van der Waals surface area (Å²) in [7, 11) is 4.49. The molecule has 0 spiro atoms. The number of carbonyl (C=O) groups excluding carboxylic acids is 2. The Kier molecular flexibility index (Phi) is 7.46. The van der Waals surface area contributed by atoms with E-state index in [9.17, 15) is 9.59 Å². The highest BCUT2D eigenvalue weighted by Crippen LogP contribution is 2.33. The van der Waals surface area contributed by atoms with Crippen LogP contribution in [0.4, 0.5) is 16.2 Å². The molecule has 36 heavy (non-hydrogen) atoms. The van der Waals surface area contributed by atoms with Crippen molar-refractivity contribution >= 4 is 45.7 Å². The van der Waals surface area contributed by atoms with Crippen LogP contribution in [0.25, 0.3) is 10.8 Å². The van der Waals surface area contributed by atoms with E-state index in [1.54, 1.807) is 42.5 Å². The van der Waals surface area contributed by atoms with Crippen LogP contribution in [-0.2, 0) is 0 Å². The molecule has 184 valence electrons. The molecule has 0 aliphatic rings. The van der Waals surface area contributed by atoms with Gasteiger partial charge in [-0.1, -0.05) is 35.9 Å². The minimum absolute atomic E-state index is 0.0616. The highest BCUT2D eigenvalue weighted by atomic mass is 35.5. The molecular formula is C27H23ClN2O6. The molecule has 9 heteroatoms. The highest BCUT2D eigenvalue weighted by molar-refractivity contribution is 6.31. The number of benzene rings is 4. The van der Waals surface area contributed by atoms with Crippen LogP contribution in [0.5, 0.6) is 23.0 Å². The van der Waals surface area contributed by atoms with E-state index in [1.807, 2.05) is 24.3 Å². The van der Waals surface area contributed by atoms with E-state index in [-0.39, 0.29) is 11.3 Å². The van der Waals surface area contributed by atoms with Crippen LogP contribution >= 0.6 is 11.6 Å². The summed E-state index contributed by atoms with van der Waals surface area (Å²) in [5.41, 5.74) is 0.865. The normalized spacial score (nSPS) is 10.4. The second-order valence-corrected chi connectivity index (χ2v) is 8.01. The van der Waals surface area contributed by atoms with Crippen molar-refractivity contribution in [3.8, 4) is 23.0 Å². The lowest BCUT2D eigenvalue weighted by Gasteiger charge is -2.15. The van der Waals surface area contributed by atoms with Gasteiger partial charge in [0.2, 0.25) is 0 Å². The number of rotatable bonds is 7. The van der Waals surface area contributed by atoms with Crippen LogP contribution < -0.4 is 29.6 Å². The fourth-order valence-electron chi connectivity index (χ4n) is 3.60. The van der Waals surface area contributed by atoms with Gasteiger partial charge in [-0.2, -0.15) is 0 Å². The Morgan fingerprint density at radius 3 is 2.00 bits per heavy atom. The first-order valence-corrected chi connectivity index (χ1v) is 11.2. The molecule has 0 saturated carbocycles. The molecular weight excluding hydrogens is 484 g/mol. The first-order valence-electron chi connectivity index (χ1n) is 10.8. The summed E-state index contributed by atoms with van der Waals surface area (Å²) in [6, 6.07) is 20.5. The average Bonchev–Trinajstić information content (AvgIpc) is 2.88. The Morgan fingerprint density at radius 1 is 0.694 bits per heavy atom. The number of amides is 2. The largest absolute Gasteiger partial charge is 0.497 e. The van der Waals surface area contributed by atoms with Gasteiger partial charge in [-0.25, -0.2) is 4.79 Å². The molecule has 0 saturated heterocycles. The molecule has 0 aliphatic heterocycles. The summed E-state index contributed by atoms with van der Waals surface area (Å²) >= 11 is 6.05. The Bertz CT molecular complexity index is 1440. The predicted molar refractivity (Wildman–Crippen MR) is 139 cm³/mol. The van der Waals surface area contributed by atoms with E-state index in [2.05, 4.69) is 10.6 Å². The van der Waals surface area contributed by atoms with Crippen LogP contribution in [0.15, 0.2) is 72.8 Å². The van der Waals surface area contributed by atoms with E-state index in [4.69, 9.17) is 30.5 Å². The van der Waals surface area contributed by atoms with E-state index < -0.39 is 12.0 Å². The van der Waals surface area contributed by atoms with Crippen molar-refractivity contribution in [2.45, 2.75) is 0 Å². The fraction of sp³-hybridized carbons (Fsp3) is 0.111. The number of hydrogen-bond acceptors (Lipinski definition) is 6. The zero-order valence-electron chi connectivity index (χ0n) is 19.8. The summed E-state index contributed by atoms with van der Waals surface area (Å²) < 4.78 is 21.5. The predicted octanol–water partition coefficient (Wildman–Crippen LogP) is 6.38. The zero-order chi connectivity index (χ0) is 25.7. The smallest absolute Gasteiger partial charge is 0.417 e. The molecule has 0 bridgehead atoms. The minimum Gasteiger partial charge on any atom is -0.497 e.